The molecule has 7 nitrogen and oxygen atoms in total. The summed E-state index contributed by atoms with van der Waals surface area (Å²) in [4.78, 5) is 24.2. The smallest absolute Gasteiger partial charge is 0.340 e. The predicted molar refractivity (Wildman–Crippen MR) is 119 cm³/mol. The minimum atomic E-state index is -3.88. The van der Waals surface area contributed by atoms with Gasteiger partial charge in [-0.1, -0.05) is 55.3 Å². The van der Waals surface area contributed by atoms with Gasteiger partial charge in [0.15, 0.2) is 6.61 Å². The van der Waals surface area contributed by atoms with Crippen LogP contribution in [0.25, 0.3) is 0 Å². The lowest BCUT2D eigenvalue weighted by Gasteiger charge is -2.18. The molecule has 0 heterocycles. The average Bonchev–Trinajstić information content (AvgIpc) is 2.73. The van der Waals surface area contributed by atoms with Crippen LogP contribution in [0.15, 0.2) is 53.4 Å². The maximum atomic E-state index is 12.9. The zero-order chi connectivity index (χ0) is 23.0. The standard InChI is InChI=1S/C22H27ClN2O5S/c1-4-8-16(2)24-21(26)15-30-22(27)19-13-18(11-12-20(19)23)31(28,29)25(3)14-17-9-6-5-7-10-17/h5-7,9-13,16H,4,8,14-15H2,1-3H3,(H,24,26)/t16-/m1/s1. The SMILES string of the molecule is CCC[C@@H](C)NC(=O)COC(=O)c1cc(S(=O)(=O)N(C)Cc2ccccc2)ccc1Cl. The summed E-state index contributed by atoms with van der Waals surface area (Å²) in [5, 5.41) is 2.76. The van der Waals surface area contributed by atoms with Crippen LogP contribution >= 0.6 is 11.6 Å². The molecule has 0 spiro atoms. The second-order valence-corrected chi connectivity index (χ2v) is 9.67. The van der Waals surface area contributed by atoms with E-state index in [0.29, 0.717) is 0 Å². The van der Waals surface area contributed by atoms with Gasteiger partial charge in [-0.2, -0.15) is 4.31 Å². The first-order chi connectivity index (χ1) is 14.6. The summed E-state index contributed by atoms with van der Waals surface area (Å²) in [6.45, 7) is 3.55. The number of nitrogens with one attached hydrogen (secondary N) is 1. The zero-order valence-corrected chi connectivity index (χ0v) is 19.4. The number of rotatable bonds is 10. The Morgan fingerprint density at radius 2 is 1.84 bits per heavy atom. The number of hydrogen-bond acceptors (Lipinski definition) is 5. The van der Waals surface area contributed by atoms with Crippen molar-refractivity contribution in [1.82, 2.24) is 9.62 Å². The van der Waals surface area contributed by atoms with Gasteiger partial charge in [0.2, 0.25) is 10.0 Å². The highest BCUT2D eigenvalue weighted by atomic mass is 35.5. The highest BCUT2D eigenvalue weighted by molar-refractivity contribution is 7.89. The number of amides is 1. The fourth-order valence-corrected chi connectivity index (χ4v) is 4.34. The van der Waals surface area contributed by atoms with Crippen molar-refractivity contribution in [3.8, 4) is 0 Å². The van der Waals surface area contributed by atoms with Gasteiger partial charge in [-0.3, -0.25) is 4.79 Å². The number of benzene rings is 2. The third kappa shape index (κ3) is 7.05. The fraction of sp³-hybridized carbons (Fsp3) is 0.364. The second-order valence-electron chi connectivity index (χ2n) is 7.22. The molecule has 1 amide bonds. The Kier molecular flexibility index (Phi) is 9.03. The van der Waals surface area contributed by atoms with Crippen molar-refractivity contribution in [1.29, 1.82) is 0 Å². The zero-order valence-electron chi connectivity index (χ0n) is 17.8. The molecular weight excluding hydrogens is 440 g/mol. The molecule has 9 heteroatoms. The molecule has 0 fully saturated rings. The van der Waals surface area contributed by atoms with Crippen LogP contribution in [0.4, 0.5) is 0 Å². The van der Waals surface area contributed by atoms with Crippen LogP contribution in [0.5, 0.6) is 0 Å². The van der Waals surface area contributed by atoms with Crippen molar-refractivity contribution in [2.24, 2.45) is 0 Å². The lowest BCUT2D eigenvalue weighted by atomic mass is 10.2. The monoisotopic (exact) mass is 466 g/mol. The molecular formula is C22H27ClN2O5S. The quantitative estimate of drug-likeness (QED) is 0.540. The Hall–Kier alpha value is -2.42. The number of ether oxygens (including phenoxy) is 1. The van der Waals surface area contributed by atoms with E-state index in [1.165, 1.54) is 29.6 Å². The highest BCUT2D eigenvalue weighted by Gasteiger charge is 2.24. The lowest BCUT2D eigenvalue weighted by molar-refractivity contribution is -0.124. The summed E-state index contributed by atoms with van der Waals surface area (Å²) in [7, 11) is -2.42. The average molecular weight is 467 g/mol. The van der Waals surface area contributed by atoms with Gasteiger partial charge in [-0.25, -0.2) is 13.2 Å². The van der Waals surface area contributed by atoms with Crippen LogP contribution in [-0.4, -0.2) is 44.3 Å². The summed E-state index contributed by atoms with van der Waals surface area (Å²) >= 11 is 6.08. The van der Waals surface area contributed by atoms with Gasteiger partial charge >= 0.3 is 5.97 Å². The van der Waals surface area contributed by atoms with E-state index in [-0.39, 0.29) is 28.1 Å². The normalized spacial score (nSPS) is 12.4. The minimum absolute atomic E-state index is 0.0339. The topological polar surface area (TPSA) is 92.8 Å². The molecule has 0 saturated heterocycles. The molecule has 2 aromatic rings. The summed E-state index contributed by atoms with van der Waals surface area (Å²) in [6.07, 6.45) is 1.72. The van der Waals surface area contributed by atoms with Gasteiger partial charge in [-0.15, -0.1) is 0 Å². The maximum absolute atomic E-state index is 12.9. The minimum Gasteiger partial charge on any atom is -0.452 e. The molecule has 0 radical (unpaired) electrons. The molecule has 0 saturated carbocycles. The largest absolute Gasteiger partial charge is 0.452 e. The fourth-order valence-electron chi connectivity index (χ4n) is 2.96. The van der Waals surface area contributed by atoms with Gasteiger partial charge in [0.1, 0.15) is 0 Å². The van der Waals surface area contributed by atoms with E-state index in [4.69, 9.17) is 16.3 Å². The molecule has 1 atom stereocenters. The van der Waals surface area contributed by atoms with Crippen LogP contribution in [0.3, 0.4) is 0 Å². The van der Waals surface area contributed by atoms with Crippen molar-refractivity contribution in [2.75, 3.05) is 13.7 Å². The Morgan fingerprint density at radius 1 is 1.16 bits per heavy atom. The Labute approximate surface area is 188 Å². The highest BCUT2D eigenvalue weighted by Crippen LogP contribution is 2.24. The van der Waals surface area contributed by atoms with Crippen molar-refractivity contribution in [3.63, 3.8) is 0 Å². The van der Waals surface area contributed by atoms with E-state index in [0.717, 1.165) is 18.4 Å². The molecule has 2 rings (SSSR count). The number of carbonyl (C=O) groups is 2. The predicted octanol–water partition coefficient (Wildman–Crippen LogP) is 3.62. The number of sulfonamides is 1. The maximum Gasteiger partial charge on any atom is 0.340 e. The Morgan fingerprint density at radius 3 is 2.48 bits per heavy atom. The van der Waals surface area contributed by atoms with Gasteiger partial charge in [-0.05, 0) is 37.1 Å². The molecule has 0 bridgehead atoms. The van der Waals surface area contributed by atoms with Crippen LogP contribution in [0.1, 0.15) is 42.6 Å². The van der Waals surface area contributed by atoms with Crippen molar-refractivity contribution < 1.29 is 22.7 Å². The second kappa shape index (κ2) is 11.3. The number of hydrogen-bond donors (Lipinski definition) is 1. The third-order valence-corrected chi connectivity index (χ3v) is 6.71. The van der Waals surface area contributed by atoms with Gasteiger partial charge in [0, 0.05) is 19.6 Å². The van der Waals surface area contributed by atoms with Crippen LogP contribution < -0.4 is 5.32 Å². The number of nitrogens with zero attached hydrogens (tertiary/aromatic N) is 1. The first-order valence-electron chi connectivity index (χ1n) is 9.91. The van der Waals surface area contributed by atoms with E-state index < -0.39 is 28.5 Å². The summed E-state index contributed by atoms with van der Waals surface area (Å²) in [5.41, 5.74) is 0.704. The van der Waals surface area contributed by atoms with E-state index in [2.05, 4.69) is 5.32 Å². The van der Waals surface area contributed by atoms with Crippen molar-refractivity contribution in [3.05, 3.63) is 64.7 Å². The molecule has 2 aromatic carbocycles. The molecule has 0 aliphatic carbocycles. The third-order valence-electron chi connectivity index (χ3n) is 4.58. The molecule has 0 aromatic heterocycles. The van der Waals surface area contributed by atoms with Gasteiger partial charge < -0.3 is 10.1 Å². The van der Waals surface area contributed by atoms with Crippen LogP contribution in [0, 0.1) is 0 Å². The van der Waals surface area contributed by atoms with E-state index in [9.17, 15) is 18.0 Å². The number of carbonyl (C=O) groups excluding carboxylic acids is 2. The number of halogens is 1. The van der Waals surface area contributed by atoms with E-state index in [1.807, 2.05) is 44.2 Å². The molecule has 0 unspecified atom stereocenters. The summed E-state index contributed by atoms with van der Waals surface area (Å²) < 4.78 is 32.1. The Balaban J connectivity index is 2.11. The molecule has 0 aliphatic heterocycles. The molecule has 168 valence electrons. The summed E-state index contributed by atoms with van der Waals surface area (Å²) in [6, 6.07) is 12.9. The number of esters is 1. The van der Waals surface area contributed by atoms with Crippen molar-refractivity contribution in [2.45, 2.75) is 44.2 Å². The Bertz CT molecular complexity index is 1010. The van der Waals surface area contributed by atoms with Gasteiger partial charge in [0.25, 0.3) is 5.91 Å². The van der Waals surface area contributed by atoms with E-state index in [1.54, 1.807) is 0 Å². The first-order valence-corrected chi connectivity index (χ1v) is 11.7. The molecule has 0 aliphatic rings. The molecule has 31 heavy (non-hydrogen) atoms. The summed E-state index contributed by atoms with van der Waals surface area (Å²) in [5.74, 6) is -1.30. The first kappa shape index (κ1) is 24.8. The lowest BCUT2D eigenvalue weighted by Crippen LogP contribution is -2.35. The van der Waals surface area contributed by atoms with Crippen molar-refractivity contribution >= 4 is 33.5 Å². The van der Waals surface area contributed by atoms with Gasteiger partial charge in [0.05, 0.1) is 15.5 Å². The van der Waals surface area contributed by atoms with Crippen LogP contribution in [-0.2, 0) is 26.1 Å². The van der Waals surface area contributed by atoms with E-state index >= 15 is 0 Å². The van der Waals surface area contributed by atoms with Crippen LogP contribution in [0.2, 0.25) is 5.02 Å². The molecule has 1 N–H and O–H groups in total.